The van der Waals surface area contributed by atoms with Crippen LogP contribution in [0.2, 0.25) is 0 Å². The van der Waals surface area contributed by atoms with Gasteiger partial charge in [-0.05, 0) is 24.2 Å². The molecule has 0 unspecified atom stereocenters. The first kappa shape index (κ1) is 12.2. The van der Waals surface area contributed by atoms with Crippen molar-refractivity contribution in [2.24, 2.45) is 7.05 Å². The normalized spacial score (nSPS) is 10.6. The Morgan fingerprint density at radius 3 is 2.76 bits per heavy atom. The molecule has 0 saturated carbocycles. The first-order chi connectivity index (χ1) is 8.36. The predicted molar refractivity (Wildman–Crippen MR) is 71.9 cm³/mol. The summed E-state index contributed by atoms with van der Waals surface area (Å²) in [7, 11) is 1.94. The summed E-state index contributed by atoms with van der Waals surface area (Å²) < 4.78 is 1.84. The lowest BCUT2D eigenvalue weighted by Gasteiger charge is -2.02. The van der Waals surface area contributed by atoms with E-state index in [1.807, 2.05) is 23.5 Å². The Morgan fingerprint density at radius 2 is 2.06 bits per heavy atom. The number of hydrogen-bond acceptors (Lipinski definition) is 3. The Labute approximate surface area is 106 Å². The van der Waals surface area contributed by atoms with Gasteiger partial charge in [0.05, 0.1) is 5.75 Å². The fourth-order valence-corrected chi connectivity index (χ4v) is 2.57. The summed E-state index contributed by atoms with van der Waals surface area (Å²) >= 11 is 1.92. The van der Waals surface area contributed by atoms with E-state index >= 15 is 0 Å². The Bertz CT molecular complexity index is 439. The first-order valence-corrected chi connectivity index (χ1v) is 6.96. The molecule has 0 atom stereocenters. The lowest BCUT2D eigenvalue weighted by atomic mass is 10.1. The molecular formula is C13H17N3S. The van der Waals surface area contributed by atoms with Crippen LogP contribution in [0, 0.1) is 0 Å². The largest absolute Gasteiger partial charge is 0.252 e. The highest BCUT2D eigenvalue weighted by Gasteiger charge is 2.00. The summed E-state index contributed by atoms with van der Waals surface area (Å²) in [5.74, 6) is 3.17. The minimum absolute atomic E-state index is 0.950. The highest BCUT2D eigenvalue weighted by Crippen LogP contribution is 2.12. The summed E-state index contributed by atoms with van der Waals surface area (Å²) in [4.78, 5) is 4.20. The Hall–Kier alpha value is -1.29. The first-order valence-electron chi connectivity index (χ1n) is 5.81. The number of hydrogen-bond donors (Lipinski definition) is 0. The number of benzene rings is 1. The summed E-state index contributed by atoms with van der Waals surface area (Å²) in [6, 6.07) is 10.6. The van der Waals surface area contributed by atoms with E-state index in [2.05, 4.69) is 40.4 Å². The van der Waals surface area contributed by atoms with Crippen LogP contribution in [-0.2, 0) is 19.2 Å². The van der Waals surface area contributed by atoms with E-state index in [0.29, 0.717) is 0 Å². The molecule has 4 heteroatoms. The Balaban J connectivity index is 1.63. The van der Waals surface area contributed by atoms with Crippen LogP contribution in [0.4, 0.5) is 0 Å². The third-order valence-corrected chi connectivity index (χ3v) is 3.67. The molecule has 0 saturated heterocycles. The van der Waals surface area contributed by atoms with E-state index in [9.17, 15) is 0 Å². The van der Waals surface area contributed by atoms with Gasteiger partial charge in [-0.3, -0.25) is 4.68 Å². The van der Waals surface area contributed by atoms with Crippen molar-refractivity contribution in [3.05, 3.63) is 48.0 Å². The zero-order valence-corrected chi connectivity index (χ0v) is 10.9. The fourth-order valence-electron chi connectivity index (χ4n) is 1.64. The number of thioether (sulfide) groups is 1. The van der Waals surface area contributed by atoms with Gasteiger partial charge in [0.25, 0.3) is 0 Å². The molecule has 17 heavy (non-hydrogen) atoms. The third kappa shape index (κ3) is 3.89. The van der Waals surface area contributed by atoms with E-state index in [1.165, 1.54) is 17.7 Å². The monoisotopic (exact) mass is 247 g/mol. The molecule has 1 aromatic carbocycles. The molecule has 0 bridgehead atoms. The highest BCUT2D eigenvalue weighted by molar-refractivity contribution is 7.98. The lowest BCUT2D eigenvalue weighted by molar-refractivity contribution is 0.729. The van der Waals surface area contributed by atoms with Gasteiger partial charge in [0.1, 0.15) is 12.2 Å². The van der Waals surface area contributed by atoms with Crippen molar-refractivity contribution in [1.82, 2.24) is 14.8 Å². The molecule has 2 rings (SSSR count). The molecule has 0 aliphatic heterocycles. The Kier molecular flexibility index (Phi) is 4.62. The van der Waals surface area contributed by atoms with E-state index < -0.39 is 0 Å². The molecule has 0 N–H and O–H groups in total. The standard InChI is InChI=1S/C13H17N3S/c1-16-13(14-11-15-16)10-17-9-5-8-12-6-3-2-4-7-12/h2-4,6-7,11H,5,8-10H2,1H3. The molecular weight excluding hydrogens is 230 g/mol. The maximum atomic E-state index is 4.20. The van der Waals surface area contributed by atoms with Crippen molar-refractivity contribution in [2.75, 3.05) is 5.75 Å². The van der Waals surface area contributed by atoms with E-state index in [1.54, 1.807) is 6.33 Å². The number of aromatic nitrogens is 3. The van der Waals surface area contributed by atoms with Gasteiger partial charge >= 0.3 is 0 Å². The van der Waals surface area contributed by atoms with Crippen molar-refractivity contribution < 1.29 is 0 Å². The molecule has 0 aliphatic carbocycles. The number of aryl methyl sites for hydroxylation is 2. The van der Waals surface area contributed by atoms with Crippen LogP contribution in [0.25, 0.3) is 0 Å². The summed E-state index contributed by atoms with van der Waals surface area (Å²) in [6.07, 6.45) is 3.99. The van der Waals surface area contributed by atoms with E-state index in [-0.39, 0.29) is 0 Å². The second kappa shape index (κ2) is 6.45. The Morgan fingerprint density at radius 1 is 1.24 bits per heavy atom. The van der Waals surface area contributed by atoms with Crippen LogP contribution < -0.4 is 0 Å². The van der Waals surface area contributed by atoms with Gasteiger partial charge in [-0.15, -0.1) is 0 Å². The van der Waals surface area contributed by atoms with Crippen LogP contribution in [0.3, 0.4) is 0 Å². The predicted octanol–water partition coefficient (Wildman–Crippen LogP) is 2.68. The van der Waals surface area contributed by atoms with Gasteiger partial charge in [-0.2, -0.15) is 16.9 Å². The highest BCUT2D eigenvalue weighted by atomic mass is 32.2. The van der Waals surface area contributed by atoms with Crippen LogP contribution in [-0.4, -0.2) is 20.5 Å². The second-order valence-corrected chi connectivity index (χ2v) is 5.05. The van der Waals surface area contributed by atoms with Gasteiger partial charge in [0, 0.05) is 7.05 Å². The van der Waals surface area contributed by atoms with Crippen molar-refractivity contribution in [2.45, 2.75) is 18.6 Å². The fraction of sp³-hybridized carbons (Fsp3) is 0.385. The van der Waals surface area contributed by atoms with Gasteiger partial charge in [0.2, 0.25) is 0 Å². The summed E-state index contributed by atoms with van der Waals surface area (Å²) in [5.41, 5.74) is 1.42. The van der Waals surface area contributed by atoms with Gasteiger partial charge in [0.15, 0.2) is 0 Å². The van der Waals surface area contributed by atoms with Crippen LogP contribution in [0.5, 0.6) is 0 Å². The third-order valence-electron chi connectivity index (χ3n) is 2.63. The van der Waals surface area contributed by atoms with Gasteiger partial charge < -0.3 is 0 Å². The van der Waals surface area contributed by atoms with Crippen LogP contribution in [0.15, 0.2) is 36.7 Å². The van der Waals surface area contributed by atoms with Crippen LogP contribution >= 0.6 is 11.8 Å². The lowest BCUT2D eigenvalue weighted by Crippen LogP contribution is -1.98. The van der Waals surface area contributed by atoms with Crippen molar-refractivity contribution in [3.8, 4) is 0 Å². The van der Waals surface area contributed by atoms with E-state index in [4.69, 9.17) is 0 Å². The van der Waals surface area contributed by atoms with Crippen LogP contribution in [0.1, 0.15) is 17.8 Å². The summed E-state index contributed by atoms with van der Waals surface area (Å²) in [6.45, 7) is 0. The number of nitrogens with zero attached hydrogens (tertiary/aromatic N) is 3. The minimum atomic E-state index is 0.950. The zero-order valence-electron chi connectivity index (χ0n) is 10.0. The average molecular weight is 247 g/mol. The molecule has 0 fully saturated rings. The second-order valence-electron chi connectivity index (χ2n) is 3.94. The molecule has 2 aromatic rings. The molecule has 0 aliphatic rings. The maximum Gasteiger partial charge on any atom is 0.138 e. The molecule has 3 nitrogen and oxygen atoms in total. The van der Waals surface area contributed by atoms with Crippen molar-refractivity contribution >= 4 is 11.8 Å². The van der Waals surface area contributed by atoms with E-state index in [0.717, 1.165) is 18.0 Å². The molecule has 0 amide bonds. The SMILES string of the molecule is Cn1ncnc1CSCCCc1ccccc1. The van der Waals surface area contributed by atoms with Crippen molar-refractivity contribution in [1.29, 1.82) is 0 Å². The maximum absolute atomic E-state index is 4.20. The zero-order chi connectivity index (χ0) is 11.9. The molecule has 90 valence electrons. The molecule has 0 spiro atoms. The van der Waals surface area contributed by atoms with Gasteiger partial charge in [-0.1, -0.05) is 30.3 Å². The van der Waals surface area contributed by atoms with Crippen molar-refractivity contribution in [3.63, 3.8) is 0 Å². The number of rotatable bonds is 6. The molecule has 1 aromatic heterocycles. The molecule has 0 radical (unpaired) electrons. The quantitative estimate of drug-likeness (QED) is 0.735. The topological polar surface area (TPSA) is 30.7 Å². The minimum Gasteiger partial charge on any atom is -0.252 e. The van der Waals surface area contributed by atoms with Gasteiger partial charge in [-0.25, -0.2) is 4.98 Å². The smallest absolute Gasteiger partial charge is 0.138 e. The average Bonchev–Trinajstić information content (AvgIpc) is 2.76. The summed E-state index contributed by atoms with van der Waals surface area (Å²) in [5, 5.41) is 4.06. The molecule has 1 heterocycles.